The molecule has 1 heterocycles. The van der Waals surface area contributed by atoms with E-state index in [-0.39, 0.29) is 10.2 Å². The van der Waals surface area contributed by atoms with E-state index in [0.29, 0.717) is 28.6 Å². The molecule has 0 bridgehead atoms. The maximum absolute atomic E-state index is 12.8. The number of nitrogens with zero attached hydrogens (tertiary/aromatic N) is 1. The maximum atomic E-state index is 12.8. The van der Waals surface area contributed by atoms with Crippen molar-refractivity contribution in [1.29, 1.82) is 0 Å². The van der Waals surface area contributed by atoms with Gasteiger partial charge in [-0.15, -0.1) is 0 Å². The monoisotopic (exact) mass is 395 g/mol. The molecule has 140 valence electrons. The van der Waals surface area contributed by atoms with Crippen molar-refractivity contribution in [3.63, 3.8) is 0 Å². The van der Waals surface area contributed by atoms with Crippen molar-refractivity contribution in [2.75, 3.05) is 13.7 Å². The summed E-state index contributed by atoms with van der Waals surface area (Å²) in [5, 5.41) is 9.48. The zero-order valence-corrected chi connectivity index (χ0v) is 16.6. The number of carbonyl (C=O) groups is 2. The largest absolute Gasteiger partial charge is 0.493 e. The lowest BCUT2D eigenvalue weighted by Gasteiger charge is -2.26. The predicted octanol–water partition coefficient (Wildman–Crippen LogP) is 3.40. The van der Waals surface area contributed by atoms with Gasteiger partial charge in [0, 0.05) is 5.56 Å². The van der Waals surface area contributed by atoms with E-state index in [1.54, 1.807) is 45.2 Å². The first-order valence-electron chi connectivity index (χ1n) is 8.11. The van der Waals surface area contributed by atoms with Crippen LogP contribution < -0.4 is 9.47 Å². The predicted molar refractivity (Wildman–Crippen MR) is 105 cm³/mol. The van der Waals surface area contributed by atoms with Crippen LogP contribution in [0.4, 0.5) is 0 Å². The van der Waals surface area contributed by atoms with Gasteiger partial charge in [-0.25, -0.2) is 4.79 Å². The van der Waals surface area contributed by atoms with Crippen LogP contribution in [0.5, 0.6) is 11.5 Å². The van der Waals surface area contributed by atoms with Gasteiger partial charge in [0.2, 0.25) is 0 Å². The Morgan fingerprint density at radius 2 is 2.12 bits per heavy atom. The van der Waals surface area contributed by atoms with E-state index >= 15 is 0 Å². The Morgan fingerprint density at radius 1 is 1.42 bits per heavy atom. The lowest BCUT2D eigenvalue weighted by atomic mass is 10.0. The molecule has 1 saturated heterocycles. The van der Waals surface area contributed by atoms with Crippen molar-refractivity contribution in [3.8, 4) is 11.5 Å². The third-order valence-electron chi connectivity index (χ3n) is 3.79. The number of thiocarbonyl (C=S) groups is 1. The topological polar surface area (TPSA) is 76.1 Å². The van der Waals surface area contributed by atoms with E-state index in [9.17, 15) is 14.7 Å². The number of hydrogen-bond donors (Lipinski definition) is 1. The van der Waals surface area contributed by atoms with Gasteiger partial charge in [-0.1, -0.05) is 50.0 Å². The number of thioether (sulfide) groups is 1. The van der Waals surface area contributed by atoms with E-state index < -0.39 is 17.9 Å². The number of ether oxygens (including phenoxy) is 2. The molecule has 1 aliphatic rings. The molecular formula is C18H21NO5S2. The molecule has 1 fully saturated rings. The molecule has 1 atom stereocenters. The number of hydrogen-bond acceptors (Lipinski definition) is 6. The minimum absolute atomic E-state index is 0.239. The van der Waals surface area contributed by atoms with E-state index in [0.717, 1.165) is 11.8 Å². The number of para-hydroxylation sites is 1. The molecule has 1 N–H and O–H groups in total. The maximum Gasteiger partial charge on any atom is 0.327 e. The second-order valence-corrected chi connectivity index (χ2v) is 7.57. The molecule has 0 saturated carbocycles. The van der Waals surface area contributed by atoms with Gasteiger partial charge in [0.15, 0.2) is 11.5 Å². The summed E-state index contributed by atoms with van der Waals surface area (Å²) in [6.07, 6.45) is 1.66. The SMILES string of the molecule is CCOc1c(/C=C2\SC(=S)N([C@@H](C(=O)O)C(C)C)C2=O)cccc1OC. The number of amides is 1. The highest BCUT2D eigenvalue weighted by Gasteiger charge is 2.42. The summed E-state index contributed by atoms with van der Waals surface area (Å²) in [7, 11) is 1.54. The van der Waals surface area contributed by atoms with Gasteiger partial charge in [-0.2, -0.15) is 0 Å². The van der Waals surface area contributed by atoms with Gasteiger partial charge in [-0.05, 0) is 25.0 Å². The summed E-state index contributed by atoms with van der Waals surface area (Å²) >= 11 is 6.36. The van der Waals surface area contributed by atoms with Crippen LogP contribution in [0.3, 0.4) is 0 Å². The van der Waals surface area contributed by atoms with Gasteiger partial charge in [0.1, 0.15) is 10.4 Å². The summed E-state index contributed by atoms with van der Waals surface area (Å²) in [6.45, 7) is 5.79. The van der Waals surface area contributed by atoms with Gasteiger partial charge in [-0.3, -0.25) is 9.69 Å². The van der Waals surface area contributed by atoms with Crippen LogP contribution in [0, 0.1) is 5.92 Å². The van der Waals surface area contributed by atoms with E-state index in [1.165, 1.54) is 4.90 Å². The third kappa shape index (κ3) is 4.02. The quantitative estimate of drug-likeness (QED) is 0.560. The molecule has 1 aromatic carbocycles. The van der Waals surface area contributed by atoms with Gasteiger partial charge in [0.25, 0.3) is 5.91 Å². The second kappa shape index (κ2) is 8.55. The summed E-state index contributed by atoms with van der Waals surface area (Å²) in [4.78, 5) is 25.9. The molecule has 2 rings (SSSR count). The van der Waals surface area contributed by atoms with Crippen LogP contribution in [-0.4, -0.2) is 46.0 Å². The molecular weight excluding hydrogens is 374 g/mol. The van der Waals surface area contributed by atoms with Crippen molar-refractivity contribution in [2.24, 2.45) is 5.92 Å². The minimum atomic E-state index is -1.08. The number of methoxy groups -OCH3 is 1. The summed E-state index contributed by atoms with van der Waals surface area (Å²) < 4.78 is 11.2. The number of carboxylic acids is 1. The van der Waals surface area contributed by atoms with Crippen molar-refractivity contribution in [2.45, 2.75) is 26.8 Å². The number of aliphatic carboxylic acids is 1. The van der Waals surface area contributed by atoms with Gasteiger partial charge < -0.3 is 14.6 Å². The van der Waals surface area contributed by atoms with E-state index in [1.807, 2.05) is 6.92 Å². The normalized spacial score (nSPS) is 17.1. The van der Waals surface area contributed by atoms with Crippen LogP contribution in [0.25, 0.3) is 6.08 Å². The Bertz CT molecular complexity index is 760. The molecule has 0 aliphatic carbocycles. The van der Waals surface area contributed by atoms with Crippen LogP contribution in [0.15, 0.2) is 23.1 Å². The van der Waals surface area contributed by atoms with Crippen LogP contribution in [0.2, 0.25) is 0 Å². The van der Waals surface area contributed by atoms with Crippen molar-refractivity contribution >= 4 is 46.3 Å². The average Bonchev–Trinajstić information content (AvgIpc) is 2.84. The van der Waals surface area contributed by atoms with Gasteiger partial charge >= 0.3 is 5.97 Å². The highest BCUT2D eigenvalue weighted by atomic mass is 32.2. The van der Waals surface area contributed by atoms with Crippen LogP contribution >= 0.6 is 24.0 Å². The summed E-state index contributed by atoms with van der Waals surface area (Å²) in [6, 6.07) is 4.37. The first-order valence-corrected chi connectivity index (χ1v) is 9.33. The minimum Gasteiger partial charge on any atom is -0.493 e. The highest BCUT2D eigenvalue weighted by Crippen LogP contribution is 2.38. The Labute approximate surface area is 162 Å². The third-order valence-corrected chi connectivity index (χ3v) is 5.12. The van der Waals surface area contributed by atoms with Crippen molar-refractivity contribution < 1.29 is 24.2 Å². The first-order chi connectivity index (χ1) is 12.3. The molecule has 1 amide bonds. The highest BCUT2D eigenvalue weighted by molar-refractivity contribution is 8.26. The molecule has 0 unspecified atom stereocenters. The molecule has 1 aromatic rings. The smallest absolute Gasteiger partial charge is 0.327 e. The van der Waals surface area contributed by atoms with Crippen LogP contribution in [0.1, 0.15) is 26.3 Å². The molecule has 0 aromatic heterocycles. The van der Waals surface area contributed by atoms with Crippen molar-refractivity contribution in [1.82, 2.24) is 4.90 Å². The van der Waals surface area contributed by atoms with Gasteiger partial charge in [0.05, 0.1) is 18.6 Å². The van der Waals surface area contributed by atoms with Crippen molar-refractivity contribution in [3.05, 3.63) is 28.7 Å². The molecule has 8 heteroatoms. The fourth-order valence-electron chi connectivity index (χ4n) is 2.66. The zero-order valence-electron chi connectivity index (χ0n) is 15.0. The molecule has 1 aliphatic heterocycles. The average molecular weight is 396 g/mol. The fraction of sp³-hybridized carbons (Fsp3) is 0.389. The molecule has 26 heavy (non-hydrogen) atoms. The standard InChI is InChI=1S/C18H21NO5S2/c1-5-24-15-11(7-6-8-12(15)23-4)9-13-16(20)19(18(25)26-13)14(10(2)3)17(21)22/h6-10,14H,5H2,1-4H3,(H,21,22)/b13-9-/t14-/m1/s1. The molecule has 0 radical (unpaired) electrons. The number of carbonyl (C=O) groups excluding carboxylic acids is 1. The Hall–Kier alpha value is -2.06. The summed E-state index contributed by atoms with van der Waals surface area (Å²) in [5.74, 6) is -0.673. The molecule has 0 spiro atoms. The Kier molecular flexibility index (Phi) is 6.66. The summed E-state index contributed by atoms with van der Waals surface area (Å²) in [5.41, 5.74) is 0.670. The Balaban J connectivity index is 2.44. The fourth-order valence-corrected chi connectivity index (χ4v) is 3.98. The molecule has 6 nitrogen and oxygen atoms in total. The lowest BCUT2D eigenvalue weighted by Crippen LogP contribution is -2.47. The zero-order chi connectivity index (χ0) is 19.4. The number of carboxylic acid groups (broad SMARTS) is 1. The van der Waals surface area contributed by atoms with E-state index in [4.69, 9.17) is 21.7 Å². The second-order valence-electron chi connectivity index (χ2n) is 5.89. The van der Waals surface area contributed by atoms with Crippen LogP contribution in [-0.2, 0) is 9.59 Å². The number of rotatable bonds is 7. The van der Waals surface area contributed by atoms with E-state index in [2.05, 4.69) is 0 Å². The Morgan fingerprint density at radius 3 is 2.65 bits per heavy atom. The lowest BCUT2D eigenvalue weighted by molar-refractivity contribution is -0.146. The number of benzene rings is 1. The first kappa shape index (κ1) is 20.3.